The second-order valence-electron chi connectivity index (χ2n) is 6.12. The zero-order chi connectivity index (χ0) is 12.1. The fraction of sp³-hybridized carbons (Fsp3) is 0.562. The number of ketones is 1. The summed E-state index contributed by atoms with van der Waals surface area (Å²) in [5.41, 5.74) is 0.775. The van der Waals surface area contributed by atoms with Gasteiger partial charge < -0.3 is 4.74 Å². The third-order valence-electron chi connectivity index (χ3n) is 5.12. The summed E-state index contributed by atoms with van der Waals surface area (Å²) >= 11 is 0. The number of carbonyl (C=O) groups is 1. The van der Waals surface area contributed by atoms with Gasteiger partial charge >= 0.3 is 0 Å². The molecule has 0 amide bonds. The Kier molecular flexibility index (Phi) is 2.26. The van der Waals surface area contributed by atoms with Gasteiger partial charge in [-0.05, 0) is 49.1 Å². The van der Waals surface area contributed by atoms with Crippen LogP contribution in [0.25, 0.3) is 0 Å². The highest BCUT2D eigenvalue weighted by molar-refractivity contribution is 5.99. The molecule has 1 heterocycles. The summed E-state index contributed by atoms with van der Waals surface area (Å²) in [5, 5.41) is 0. The molecule has 0 spiro atoms. The summed E-state index contributed by atoms with van der Waals surface area (Å²) < 4.78 is 6.12. The molecule has 94 valence electrons. The summed E-state index contributed by atoms with van der Waals surface area (Å²) in [7, 11) is 0. The van der Waals surface area contributed by atoms with Crippen LogP contribution in [-0.2, 0) is 0 Å². The maximum absolute atomic E-state index is 12.2. The zero-order valence-electron chi connectivity index (χ0n) is 10.5. The van der Waals surface area contributed by atoms with Gasteiger partial charge in [-0.15, -0.1) is 0 Å². The largest absolute Gasteiger partial charge is 0.489 e. The highest BCUT2D eigenvalue weighted by Crippen LogP contribution is 2.51. The van der Waals surface area contributed by atoms with Gasteiger partial charge in [-0.3, -0.25) is 4.79 Å². The van der Waals surface area contributed by atoms with Gasteiger partial charge in [0.2, 0.25) is 0 Å². The number of para-hydroxylation sites is 1. The van der Waals surface area contributed by atoms with Crippen LogP contribution in [0.3, 0.4) is 0 Å². The van der Waals surface area contributed by atoms with E-state index in [-0.39, 0.29) is 11.9 Å². The van der Waals surface area contributed by atoms with Crippen LogP contribution in [0.2, 0.25) is 0 Å². The summed E-state index contributed by atoms with van der Waals surface area (Å²) in [6.45, 7) is 0. The van der Waals surface area contributed by atoms with Gasteiger partial charge in [-0.2, -0.15) is 0 Å². The number of fused-ring (bicyclic) bond motifs is 3. The van der Waals surface area contributed by atoms with Crippen molar-refractivity contribution < 1.29 is 9.53 Å². The molecule has 0 aromatic heterocycles. The molecule has 2 heteroatoms. The lowest BCUT2D eigenvalue weighted by molar-refractivity contribution is 0.0611. The summed E-state index contributed by atoms with van der Waals surface area (Å²) in [6.07, 6.45) is 6.14. The highest BCUT2D eigenvalue weighted by atomic mass is 16.5. The number of rotatable bonds is 1. The first-order valence-electron chi connectivity index (χ1n) is 7.10. The fourth-order valence-corrected chi connectivity index (χ4v) is 4.29. The average molecular weight is 242 g/mol. The van der Waals surface area contributed by atoms with Gasteiger partial charge in [0.25, 0.3) is 0 Å². The Labute approximate surface area is 107 Å². The van der Waals surface area contributed by atoms with Gasteiger partial charge in [0.05, 0.1) is 5.56 Å². The van der Waals surface area contributed by atoms with Crippen LogP contribution in [0.1, 0.15) is 42.5 Å². The van der Waals surface area contributed by atoms with E-state index in [0.29, 0.717) is 12.3 Å². The van der Waals surface area contributed by atoms with Crippen molar-refractivity contribution in [3.8, 4) is 5.75 Å². The van der Waals surface area contributed by atoms with Crippen molar-refractivity contribution in [3.05, 3.63) is 29.8 Å². The topological polar surface area (TPSA) is 26.3 Å². The predicted octanol–water partition coefficient (Wildman–Crippen LogP) is 3.46. The minimum atomic E-state index is 0.141. The molecule has 4 unspecified atom stereocenters. The van der Waals surface area contributed by atoms with Crippen molar-refractivity contribution in [2.24, 2.45) is 17.8 Å². The normalized spacial score (nSPS) is 37.4. The van der Waals surface area contributed by atoms with Gasteiger partial charge in [-0.25, -0.2) is 0 Å². The van der Waals surface area contributed by atoms with Crippen molar-refractivity contribution in [1.82, 2.24) is 0 Å². The number of ether oxygens (including phenoxy) is 1. The van der Waals surface area contributed by atoms with Crippen LogP contribution in [0, 0.1) is 17.8 Å². The van der Waals surface area contributed by atoms with E-state index < -0.39 is 0 Å². The molecule has 2 fully saturated rings. The maximum atomic E-state index is 12.2. The predicted molar refractivity (Wildman–Crippen MR) is 68.7 cm³/mol. The molecule has 4 rings (SSSR count). The molecule has 2 bridgehead atoms. The van der Waals surface area contributed by atoms with Crippen molar-refractivity contribution in [2.45, 2.75) is 38.2 Å². The van der Waals surface area contributed by atoms with Crippen LogP contribution in [-0.4, -0.2) is 11.9 Å². The molecule has 3 aliphatic rings. The molecule has 0 radical (unpaired) electrons. The molecule has 4 atom stereocenters. The van der Waals surface area contributed by atoms with Crippen LogP contribution in [0.4, 0.5) is 0 Å². The zero-order valence-corrected chi connectivity index (χ0v) is 10.5. The van der Waals surface area contributed by atoms with Crippen LogP contribution < -0.4 is 4.74 Å². The summed E-state index contributed by atoms with van der Waals surface area (Å²) in [4.78, 5) is 12.2. The van der Waals surface area contributed by atoms with Crippen LogP contribution >= 0.6 is 0 Å². The Morgan fingerprint density at radius 3 is 2.78 bits per heavy atom. The quantitative estimate of drug-likeness (QED) is 0.754. The van der Waals surface area contributed by atoms with Crippen molar-refractivity contribution in [2.75, 3.05) is 0 Å². The van der Waals surface area contributed by atoms with Crippen LogP contribution in [0.15, 0.2) is 24.3 Å². The molecule has 0 N–H and O–H groups in total. The first-order chi connectivity index (χ1) is 8.81. The Balaban J connectivity index is 1.61. The number of carbonyl (C=O) groups excluding carboxylic acids is 1. The van der Waals surface area contributed by atoms with Gasteiger partial charge in [0.15, 0.2) is 5.78 Å². The molecule has 2 saturated carbocycles. The van der Waals surface area contributed by atoms with E-state index in [4.69, 9.17) is 4.74 Å². The van der Waals surface area contributed by atoms with E-state index in [1.54, 1.807) is 0 Å². The van der Waals surface area contributed by atoms with E-state index in [2.05, 4.69) is 0 Å². The van der Waals surface area contributed by atoms with E-state index in [1.807, 2.05) is 24.3 Å². The molecule has 2 aliphatic carbocycles. The van der Waals surface area contributed by atoms with Gasteiger partial charge in [0.1, 0.15) is 11.9 Å². The molecule has 1 aliphatic heterocycles. The lowest BCUT2D eigenvalue weighted by Gasteiger charge is -2.33. The highest BCUT2D eigenvalue weighted by Gasteiger charge is 2.45. The Bertz CT molecular complexity index is 494. The number of hydrogen-bond donors (Lipinski definition) is 0. The smallest absolute Gasteiger partial charge is 0.170 e. The standard InChI is InChI=1S/C16H18O2/c17-14-9-16(13-8-10-5-6-11(13)7-10)18-15-4-2-1-3-12(14)15/h1-4,10-11,13,16H,5-9H2. The Morgan fingerprint density at radius 1 is 1.11 bits per heavy atom. The molecule has 0 saturated heterocycles. The first kappa shape index (κ1) is 10.6. The first-order valence-corrected chi connectivity index (χ1v) is 7.10. The molecule has 2 nitrogen and oxygen atoms in total. The van der Waals surface area contributed by atoms with Crippen molar-refractivity contribution in [1.29, 1.82) is 0 Å². The second kappa shape index (κ2) is 3.84. The Morgan fingerprint density at radius 2 is 2.00 bits per heavy atom. The third-order valence-corrected chi connectivity index (χ3v) is 5.12. The third kappa shape index (κ3) is 1.51. The molecule has 18 heavy (non-hydrogen) atoms. The lowest BCUT2D eigenvalue weighted by atomic mass is 9.81. The second-order valence-corrected chi connectivity index (χ2v) is 6.12. The number of benzene rings is 1. The van der Waals surface area contributed by atoms with E-state index in [0.717, 1.165) is 23.1 Å². The SMILES string of the molecule is O=C1CC(C2CC3CCC2C3)Oc2ccccc21. The Hall–Kier alpha value is -1.31. The minimum Gasteiger partial charge on any atom is -0.489 e. The molecular weight excluding hydrogens is 224 g/mol. The van der Waals surface area contributed by atoms with E-state index >= 15 is 0 Å². The summed E-state index contributed by atoms with van der Waals surface area (Å²) in [5.74, 6) is 3.43. The summed E-state index contributed by atoms with van der Waals surface area (Å²) in [6, 6.07) is 7.69. The van der Waals surface area contributed by atoms with Gasteiger partial charge in [0, 0.05) is 6.42 Å². The lowest BCUT2D eigenvalue weighted by Crippen LogP contribution is -2.36. The van der Waals surface area contributed by atoms with Gasteiger partial charge in [-0.1, -0.05) is 18.6 Å². The fourth-order valence-electron chi connectivity index (χ4n) is 4.29. The monoisotopic (exact) mass is 242 g/mol. The van der Waals surface area contributed by atoms with E-state index in [9.17, 15) is 4.79 Å². The average Bonchev–Trinajstić information content (AvgIpc) is 3.01. The van der Waals surface area contributed by atoms with Crippen molar-refractivity contribution in [3.63, 3.8) is 0 Å². The van der Waals surface area contributed by atoms with Crippen molar-refractivity contribution >= 4 is 5.78 Å². The number of Topliss-reactive ketones (excluding diaryl/α,β-unsaturated/α-hetero) is 1. The minimum absolute atomic E-state index is 0.141. The number of hydrogen-bond acceptors (Lipinski definition) is 2. The molecule has 1 aromatic carbocycles. The van der Waals surface area contributed by atoms with E-state index in [1.165, 1.54) is 25.7 Å². The molecular formula is C16H18O2. The maximum Gasteiger partial charge on any atom is 0.170 e. The molecule has 1 aromatic rings. The van der Waals surface area contributed by atoms with Crippen LogP contribution in [0.5, 0.6) is 5.75 Å².